The number of piperidine rings is 2. The summed E-state index contributed by atoms with van der Waals surface area (Å²) in [6, 6.07) is 23.0. The first kappa shape index (κ1) is 47.4. The Morgan fingerprint density at radius 1 is 0.841 bits per heavy atom. The Morgan fingerprint density at radius 2 is 1.62 bits per heavy atom. The van der Waals surface area contributed by atoms with Crippen molar-refractivity contribution in [1.29, 1.82) is 0 Å². The van der Waals surface area contributed by atoms with Gasteiger partial charge >= 0.3 is 0 Å². The molecular weight excluding hydrogens is 960 g/mol. The lowest BCUT2D eigenvalue weighted by molar-refractivity contribution is -0.134. The molecule has 4 N–H and O–H groups in total. The van der Waals surface area contributed by atoms with Crippen LogP contribution in [0.2, 0.25) is 0 Å². The maximum absolute atomic E-state index is 13.6. The fourth-order valence-electron chi connectivity index (χ4n) is 9.23. The summed E-state index contributed by atoms with van der Waals surface area (Å²) < 4.78 is 22.1. The Bertz CT molecular complexity index is 2900. The fraction of sp³-hybridized carbons (Fsp3) is 0.340. The number of imide groups is 1. The number of carbonyl (C=O) groups excluding carboxylic acids is 3. The van der Waals surface area contributed by atoms with Gasteiger partial charge in [0.15, 0.2) is 0 Å². The number of aryl methyl sites for hydroxylation is 1. The summed E-state index contributed by atoms with van der Waals surface area (Å²) in [6.45, 7) is 9.92. The quantitative estimate of drug-likeness (QED) is 0.0643. The number of piperazine rings is 1. The normalized spacial score (nSPS) is 17.1. The summed E-state index contributed by atoms with van der Waals surface area (Å²) in [5.74, 6) is 0.821. The van der Waals surface area contributed by atoms with Crippen molar-refractivity contribution in [3.63, 3.8) is 0 Å². The van der Waals surface area contributed by atoms with Crippen LogP contribution >= 0.6 is 23.1 Å². The number of amides is 3. The number of hydrogen-bond donors (Lipinski definition) is 4. The third kappa shape index (κ3) is 11.1. The van der Waals surface area contributed by atoms with Crippen molar-refractivity contribution in [3.8, 4) is 28.0 Å². The number of ether oxygens (including phenoxy) is 1. The largest absolute Gasteiger partial charge is 0.494 e. The van der Waals surface area contributed by atoms with Gasteiger partial charge in [-0.2, -0.15) is 10.1 Å². The summed E-state index contributed by atoms with van der Waals surface area (Å²) in [6.07, 6.45) is 9.87. The molecular formula is C50H56BrN12O5P. The van der Waals surface area contributed by atoms with Gasteiger partial charge < -0.3 is 35.1 Å². The molecule has 0 saturated carbocycles. The maximum Gasteiger partial charge on any atom is 0.270 e. The second kappa shape index (κ2) is 20.5. The highest BCUT2D eigenvalue weighted by molar-refractivity contribution is 9.10. The van der Waals surface area contributed by atoms with Gasteiger partial charge in [0.2, 0.25) is 17.8 Å². The third-order valence-electron chi connectivity index (χ3n) is 13.0. The molecule has 3 saturated heterocycles. The molecule has 3 aromatic heterocycles. The molecule has 6 aromatic rings. The molecule has 0 spiro atoms. The summed E-state index contributed by atoms with van der Waals surface area (Å²) in [5.41, 5.74) is 7.68. The summed E-state index contributed by atoms with van der Waals surface area (Å²) in [7, 11) is 0.876. The number of nitrogens with one attached hydrogen (secondary N) is 4. The van der Waals surface area contributed by atoms with E-state index in [9.17, 15) is 18.9 Å². The van der Waals surface area contributed by atoms with E-state index < -0.39 is 25.0 Å². The van der Waals surface area contributed by atoms with Gasteiger partial charge in [-0.1, -0.05) is 36.4 Å². The Morgan fingerprint density at radius 3 is 2.30 bits per heavy atom. The zero-order valence-electron chi connectivity index (χ0n) is 39.1. The highest BCUT2D eigenvalue weighted by atomic mass is 79.9. The lowest BCUT2D eigenvalue weighted by atomic mass is 9.94. The summed E-state index contributed by atoms with van der Waals surface area (Å²) in [5, 5.41) is 17.1. The molecule has 1 atom stereocenters. The lowest BCUT2D eigenvalue weighted by Gasteiger charge is -2.40. The molecule has 3 aliphatic heterocycles. The van der Waals surface area contributed by atoms with Crippen LogP contribution in [0.4, 0.5) is 34.5 Å². The zero-order chi connectivity index (χ0) is 48.2. The molecule has 3 aliphatic rings. The number of benzene rings is 3. The first-order valence-corrected chi connectivity index (χ1v) is 26.5. The van der Waals surface area contributed by atoms with Crippen molar-refractivity contribution in [2.75, 3.05) is 86.7 Å². The zero-order valence-corrected chi connectivity index (χ0v) is 41.6. The van der Waals surface area contributed by atoms with Gasteiger partial charge in [0.1, 0.15) is 30.4 Å². The average Bonchev–Trinajstić information content (AvgIpc) is 3.79. The average molecular weight is 1020 g/mol. The van der Waals surface area contributed by atoms with Crippen LogP contribution in [-0.2, 0) is 21.2 Å². The van der Waals surface area contributed by atoms with E-state index in [1.54, 1.807) is 43.6 Å². The fourth-order valence-corrected chi connectivity index (χ4v) is 10.7. The second-order valence-electron chi connectivity index (χ2n) is 18.2. The predicted octanol–water partition coefficient (Wildman–Crippen LogP) is 7.02. The van der Waals surface area contributed by atoms with Crippen LogP contribution in [0.5, 0.6) is 5.75 Å². The molecule has 0 bridgehead atoms. The SMILES string of the molecule is COc1cc(N2CCC(CN3CCN(c4ccc(C(=O)NC5CCC(=O)NC5=O)nc4)CC3)CC2)c(-c2cnn(C)c2)cc1Nc1ncc(Br)c(Nc2ccc(-c3ccccc3)cc2P(C)(C)=O)n1. The number of nitrogens with zero attached hydrogens (tertiary/aromatic N) is 8. The van der Waals surface area contributed by atoms with Crippen molar-refractivity contribution < 1.29 is 23.7 Å². The van der Waals surface area contributed by atoms with E-state index in [0.29, 0.717) is 39.3 Å². The number of halogens is 1. The minimum atomic E-state index is -2.71. The van der Waals surface area contributed by atoms with Crippen molar-refractivity contribution >= 4 is 80.6 Å². The van der Waals surface area contributed by atoms with Crippen molar-refractivity contribution in [2.24, 2.45) is 13.0 Å². The van der Waals surface area contributed by atoms with Gasteiger partial charge in [-0.15, -0.1) is 0 Å². The third-order valence-corrected chi connectivity index (χ3v) is 15.1. The maximum atomic E-state index is 13.6. The van der Waals surface area contributed by atoms with E-state index in [4.69, 9.17) is 9.72 Å². The number of anilines is 6. The molecule has 69 heavy (non-hydrogen) atoms. The Balaban J connectivity index is 0.839. The smallest absolute Gasteiger partial charge is 0.270 e. The van der Waals surface area contributed by atoms with E-state index >= 15 is 0 Å². The van der Waals surface area contributed by atoms with Gasteiger partial charge in [-0.05, 0) is 95.9 Å². The van der Waals surface area contributed by atoms with Gasteiger partial charge in [0, 0.05) is 99.9 Å². The molecule has 3 fully saturated rings. The van der Waals surface area contributed by atoms with E-state index in [2.05, 4.69) is 79.1 Å². The monoisotopic (exact) mass is 1010 g/mol. The lowest BCUT2D eigenvalue weighted by Crippen LogP contribution is -2.52. The van der Waals surface area contributed by atoms with Crippen molar-refractivity contribution in [1.82, 2.24) is 40.3 Å². The van der Waals surface area contributed by atoms with Gasteiger partial charge in [-0.3, -0.25) is 29.3 Å². The van der Waals surface area contributed by atoms with E-state index in [0.717, 1.165) is 97.6 Å². The van der Waals surface area contributed by atoms with Gasteiger partial charge in [0.25, 0.3) is 5.91 Å². The number of aromatic nitrogens is 5. The summed E-state index contributed by atoms with van der Waals surface area (Å²) in [4.78, 5) is 57.5. The standard InChI is InChI=1S/C50H56BrN12O5P/c1-60-31-35(27-54-60)37-25-42(57-50-53-29-38(51)47(59-50)55-39-12-10-34(24-45(39)69(3,4)67)33-8-6-5-7-9-33)44(68-2)26-43(37)63-18-16-32(17-19-63)30-61-20-22-62(23-21-61)36-11-13-40(52-28-36)48(65)56-41-14-15-46(64)58-49(41)66/h5-13,24-29,31-32,41H,14-23,30H2,1-4H3,(H,56,65)(H,58,64,66)(H2,53,55,57,59). The minimum Gasteiger partial charge on any atom is -0.494 e. The van der Waals surface area contributed by atoms with E-state index in [1.807, 2.05) is 74.0 Å². The highest BCUT2D eigenvalue weighted by Crippen LogP contribution is 2.43. The Hall–Kier alpha value is -6.62. The molecule has 3 amide bonds. The first-order chi connectivity index (χ1) is 33.3. The molecule has 1 unspecified atom stereocenters. The van der Waals surface area contributed by atoms with Crippen LogP contribution in [0.25, 0.3) is 22.3 Å². The van der Waals surface area contributed by atoms with Crippen LogP contribution in [0, 0.1) is 5.92 Å². The molecule has 3 aromatic carbocycles. The first-order valence-electron chi connectivity index (χ1n) is 23.1. The van der Waals surface area contributed by atoms with E-state index in [-0.39, 0.29) is 24.4 Å². The second-order valence-corrected chi connectivity index (χ2v) is 22.2. The summed E-state index contributed by atoms with van der Waals surface area (Å²) >= 11 is 3.63. The Labute approximate surface area is 409 Å². The van der Waals surface area contributed by atoms with Gasteiger partial charge in [0.05, 0.1) is 41.0 Å². The molecule has 6 heterocycles. The van der Waals surface area contributed by atoms with Crippen LogP contribution in [0.1, 0.15) is 36.2 Å². The molecule has 19 heteroatoms. The van der Waals surface area contributed by atoms with Crippen molar-refractivity contribution in [3.05, 3.63) is 108 Å². The topological polar surface area (TPSA) is 192 Å². The highest BCUT2D eigenvalue weighted by Gasteiger charge is 2.30. The number of methoxy groups -OCH3 is 1. The van der Waals surface area contributed by atoms with Crippen LogP contribution in [-0.4, -0.2) is 120 Å². The molecule has 0 aliphatic carbocycles. The molecule has 358 valence electrons. The van der Waals surface area contributed by atoms with Crippen molar-refractivity contribution in [2.45, 2.75) is 31.7 Å². The van der Waals surface area contributed by atoms with Crippen LogP contribution < -0.4 is 41.1 Å². The predicted molar refractivity (Wildman–Crippen MR) is 274 cm³/mol. The van der Waals surface area contributed by atoms with E-state index in [1.165, 1.54) is 0 Å². The van der Waals surface area contributed by atoms with Crippen LogP contribution in [0.15, 0.2) is 102 Å². The van der Waals surface area contributed by atoms with Crippen LogP contribution in [0.3, 0.4) is 0 Å². The molecule has 17 nitrogen and oxygen atoms in total. The minimum absolute atomic E-state index is 0.192. The number of carbonyl (C=O) groups is 3. The number of pyridine rings is 1. The number of hydrogen-bond acceptors (Lipinski definition) is 14. The molecule has 9 rings (SSSR count). The molecule has 0 radical (unpaired) electrons. The Kier molecular flexibility index (Phi) is 14.1. The number of rotatable bonds is 14. The van der Waals surface area contributed by atoms with Gasteiger partial charge in [-0.25, -0.2) is 9.97 Å².